The molecular weight excluding hydrogens is 401 g/mol. The fraction of sp³-hybridized carbons (Fsp3) is 0. The molecule has 0 aliphatic heterocycles. The predicted octanol–water partition coefficient (Wildman–Crippen LogP) is 4.91. The minimum absolute atomic E-state index is 0.133. The first-order valence-corrected chi connectivity index (χ1v) is 6.96. The van der Waals surface area contributed by atoms with Gasteiger partial charge >= 0.3 is 5.69 Å². The van der Waals surface area contributed by atoms with Gasteiger partial charge in [0.2, 0.25) is 5.82 Å². The van der Waals surface area contributed by atoms with Crippen molar-refractivity contribution in [1.29, 1.82) is 0 Å². The zero-order valence-electron chi connectivity index (χ0n) is 9.23. The van der Waals surface area contributed by atoms with E-state index in [9.17, 15) is 10.1 Å². The third-order valence-electron chi connectivity index (χ3n) is 2.21. The van der Waals surface area contributed by atoms with E-state index in [0.29, 0.717) is 15.2 Å². The summed E-state index contributed by atoms with van der Waals surface area (Å²) >= 11 is 12.5. The lowest BCUT2D eigenvalue weighted by molar-refractivity contribution is -0.384. The van der Waals surface area contributed by atoms with Crippen molar-refractivity contribution in [3.63, 3.8) is 0 Å². The average Bonchev–Trinajstić information content (AvgIpc) is 2.35. The van der Waals surface area contributed by atoms with Crippen molar-refractivity contribution in [3.8, 4) is 0 Å². The zero-order valence-corrected chi connectivity index (χ0v) is 13.2. The van der Waals surface area contributed by atoms with E-state index in [1.807, 2.05) is 0 Å². The molecule has 0 spiro atoms. The third kappa shape index (κ3) is 3.43. The maximum Gasteiger partial charge on any atom is 0.312 e. The number of hydrogen-bond acceptors (Lipinski definition) is 4. The first-order valence-electron chi connectivity index (χ1n) is 4.99. The molecule has 0 fully saturated rings. The SMILES string of the molecule is O=[N+]([O-])c1cc(Br)cnc1Nc1cc(Br)ccc1Cl. The molecule has 0 bridgehead atoms. The lowest BCUT2D eigenvalue weighted by Gasteiger charge is -2.08. The molecule has 0 atom stereocenters. The first kappa shape index (κ1) is 14.2. The molecule has 19 heavy (non-hydrogen) atoms. The summed E-state index contributed by atoms with van der Waals surface area (Å²) in [5.41, 5.74) is 0.402. The molecule has 1 aromatic carbocycles. The van der Waals surface area contributed by atoms with Gasteiger partial charge < -0.3 is 5.32 Å². The molecule has 1 heterocycles. The van der Waals surface area contributed by atoms with Gasteiger partial charge in [-0.15, -0.1) is 0 Å². The van der Waals surface area contributed by atoms with E-state index >= 15 is 0 Å². The number of nitrogens with zero attached hydrogens (tertiary/aromatic N) is 2. The number of nitro groups is 1. The summed E-state index contributed by atoms with van der Waals surface area (Å²) in [6.07, 6.45) is 1.47. The van der Waals surface area contributed by atoms with Crippen molar-refractivity contribution < 1.29 is 4.92 Å². The summed E-state index contributed by atoms with van der Waals surface area (Å²) in [7, 11) is 0. The van der Waals surface area contributed by atoms with E-state index in [1.165, 1.54) is 12.3 Å². The molecule has 0 saturated carbocycles. The Labute approximate surface area is 130 Å². The molecule has 2 rings (SSSR count). The van der Waals surface area contributed by atoms with Crippen molar-refractivity contribution in [2.75, 3.05) is 5.32 Å². The lowest BCUT2D eigenvalue weighted by Crippen LogP contribution is -2.00. The summed E-state index contributed by atoms with van der Waals surface area (Å²) < 4.78 is 1.34. The number of rotatable bonds is 3. The van der Waals surface area contributed by atoms with Crippen LogP contribution in [0.25, 0.3) is 0 Å². The second-order valence-electron chi connectivity index (χ2n) is 3.53. The van der Waals surface area contributed by atoms with Gasteiger partial charge in [0.15, 0.2) is 0 Å². The van der Waals surface area contributed by atoms with Crippen molar-refractivity contribution in [3.05, 3.63) is 54.5 Å². The Balaban J connectivity index is 2.43. The van der Waals surface area contributed by atoms with Crippen molar-refractivity contribution in [1.82, 2.24) is 4.98 Å². The number of nitrogens with one attached hydrogen (secondary N) is 1. The molecule has 1 aromatic heterocycles. The van der Waals surface area contributed by atoms with Crippen LogP contribution in [0.4, 0.5) is 17.2 Å². The molecule has 0 radical (unpaired) electrons. The number of hydrogen-bond donors (Lipinski definition) is 1. The Bertz CT molecular complexity index is 652. The van der Waals surface area contributed by atoms with Crippen molar-refractivity contribution in [2.45, 2.75) is 0 Å². The van der Waals surface area contributed by atoms with Crippen LogP contribution >= 0.6 is 43.5 Å². The van der Waals surface area contributed by atoms with Gasteiger partial charge in [-0.3, -0.25) is 10.1 Å². The molecular formula is C11H6Br2ClN3O2. The molecule has 98 valence electrons. The van der Waals surface area contributed by atoms with Crippen LogP contribution < -0.4 is 5.32 Å². The van der Waals surface area contributed by atoms with Crippen molar-refractivity contribution in [2.24, 2.45) is 0 Å². The zero-order chi connectivity index (χ0) is 14.0. The highest BCUT2D eigenvalue weighted by molar-refractivity contribution is 9.10. The third-order valence-corrected chi connectivity index (χ3v) is 3.47. The number of anilines is 2. The molecule has 0 amide bonds. The maximum absolute atomic E-state index is 11.0. The number of benzene rings is 1. The number of halogens is 3. The standard InChI is InChI=1S/C11H6Br2ClN3O2/c12-6-1-2-8(14)9(3-6)16-11-10(17(18)19)4-7(13)5-15-11/h1-5H,(H,15,16). The molecule has 0 aliphatic rings. The van der Waals surface area contributed by atoms with Crippen molar-refractivity contribution >= 4 is 60.7 Å². The molecule has 5 nitrogen and oxygen atoms in total. The summed E-state index contributed by atoms with van der Waals surface area (Å²) in [4.78, 5) is 14.5. The van der Waals surface area contributed by atoms with Crippen LogP contribution in [0.3, 0.4) is 0 Å². The van der Waals surface area contributed by atoms with Gasteiger partial charge in [0.05, 0.1) is 15.6 Å². The van der Waals surface area contributed by atoms with E-state index in [1.54, 1.807) is 18.2 Å². The van der Waals surface area contributed by atoms with E-state index in [0.717, 1.165) is 4.47 Å². The Morgan fingerprint density at radius 1 is 1.26 bits per heavy atom. The Morgan fingerprint density at radius 2 is 2.00 bits per heavy atom. The van der Waals surface area contributed by atoms with E-state index in [4.69, 9.17) is 11.6 Å². The Hall–Kier alpha value is -1.18. The van der Waals surface area contributed by atoms with Gasteiger partial charge in [-0.25, -0.2) is 4.98 Å². The molecule has 2 aromatic rings. The highest BCUT2D eigenvalue weighted by Crippen LogP contribution is 2.32. The molecule has 1 N–H and O–H groups in total. The largest absolute Gasteiger partial charge is 0.333 e. The summed E-state index contributed by atoms with van der Waals surface area (Å²) in [6, 6.07) is 6.55. The van der Waals surface area contributed by atoms with Crippen LogP contribution in [-0.2, 0) is 0 Å². The second kappa shape index (κ2) is 5.85. The lowest BCUT2D eigenvalue weighted by atomic mass is 10.3. The molecule has 0 aliphatic carbocycles. The fourth-order valence-electron chi connectivity index (χ4n) is 1.38. The van der Waals surface area contributed by atoms with Gasteiger partial charge in [-0.1, -0.05) is 27.5 Å². The summed E-state index contributed by atoms with van der Waals surface area (Å²) in [5.74, 6) is 0.133. The molecule has 0 unspecified atom stereocenters. The van der Waals surface area contributed by atoms with Gasteiger partial charge in [0.25, 0.3) is 0 Å². The van der Waals surface area contributed by atoms with E-state index in [-0.39, 0.29) is 11.5 Å². The average molecular weight is 407 g/mol. The van der Waals surface area contributed by atoms with Crippen LogP contribution in [-0.4, -0.2) is 9.91 Å². The van der Waals surface area contributed by atoms with Crippen LogP contribution in [0.5, 0.6) is 0 Å². The van der Waals surface area contributed by atoms with Gasteiger partial charge in [0, 0.05) is 21.2 Å². The van der Waals surface area contributed by atoms with Crippen LogP contribution in [0.15, 0.2) is 39.4 Å². The summed E-state index contributed by atoms with van der Waals surface area (Å²) in [6.45, 7) is 0. The Kier molecular flexibility index (Phi) is 4.38. The quantitative estimate of drug-likeness (QED) is 0.580. The fourth-order valence-corrected chi connectivity index (χ4v) is 2.23. The minimum atomic E-state index is -0.508. The van der Waals surface area contributed by atoms with E-state index in [2.05, 4.69) is 42.2 Å². The molecule has 0 saturated heterocycles. The first-order chi connectivity index (χ1) is 8.97. The Morgan fingerprint density at radius 3 is 2.68 bits per heavy atom. The van der Waals surface area contributed by atoms with Gasteiger partial charge in [0.1, 0.15) is 0 Å². The monoisotopic (exact) mass is 405 g/mol. The van der Waals surface area contributed by atoms with Crippen LogP contribution in [0.2, 0.25) is 5.02 Å². The topological polar surface area (TPSA) is 68.1 Å². The molecule has 8 heteroatoms. The van der Waals surface area contributed by atoms with E-state index < -0.39 is 4.92 Å². The summed E-state index contributed by atoms with van der Waals surface area (Å²) in [5, 5.41) is 14.3. The highest BCUT2D eigenvalue weighted by atomic mass is 79.9. The minimum Gasteiger partial charge on any atom is -0.333 e. The number of pyridine rings is 1. The van der Waals surface area contributed by atoms with Gasteiger partial charge in [-0.05, 0) is 34.1 Å². The smallest absolute Gasteiger partial charge is 0.312 e. The normalized spacial score (nSPS) is 10.3. The van der Waals surface area contributed by atoms with Crippen LogP contribution in [0.1, 0.15) is 0 Å². The number of aromatic nitrogens is 1. The highest BCUT2D eigenvalue weighted by Gasteiger charge is 2.17. The van der Waals surface area contributed by atoms with Crippen LogP contribution in [0, 0.1) is 10.1 Å². The second-order valence-corrected chi connectivity index (χ2v) is 5.77. The predicted molar refractivity (Wildman–Crippen MR) is 81.0 cm³/mol. The maximum atomic E-state index is 11.0. The van der Waals surface area contributed by atoms with Gasteiger partial charge in [-0.2, -0.15) is 0 Å².